The third-order valence-electron chi connectivity index (χ3n) is 12.6. The molecule has 15 heteroatoms. The topological polar surface area (TPSA) is 175 Å². The monoisotopic (exact) mass is 855 g/mol. The Bertz CT molecular complexity index is 1810. The van der Waals surface area contributed by atoms with Crippen molar-refractivity contribution in [1.82, 2.24) is 20.0 Å². The molecule has 2 bridgehead atoms. The molecule has 0 radical (unpaired) electrons. The second-order valence-electron chi connectivity index (χ2n) is 18.3. The number of rotatable bonds is 5. The zero-order valence-electron chi connectivity index (χ0n) is 37.7. The Morgan fingerprint density at radius 1 is 1.00 bits per heavy atom. The lowest BCUT2D eigenvalue weighted by Crippen LogP contribution is -2.59. The van der Waals surface area contributed by atoms with Crippen LogP contribution in [0.15, 0.2) is 40.9 Å². The van der Waals surface area contributed by atoms with E-state index in [0.717, 1.165) is 5.56 Å². The third-order valence-corrected chi connectivity index (χ3v) is 14.2. The molecule has 60 heavy (non-hydrogen) atoms. The van der Waals surface area contributed by atoms with E-state index in [0.29, 0.717) is 49.4 Å². The van der Waals surface area contributed by atoms with Crippen molar-refractivity contribution >= 4 is 45.4 Å². The van der Waals surface area contributed by atoms with E-state index < -0.39 is 88.2 Å². The number of methoxy groups -OCH3 is 1. The van der Waals surface area contributed by atoms with E-state index in [1.807, 2.05) is 41.5 Å². The second-order valence-corrected chi connectivity index (χ2v) is 19.7. The molecule has 1 fully saturated rings. The lowest BCUT2D eigenvalue weighted by Gasteiger charge is -2.39. The third kappa shape index (κ3) is 11.6. The van der Waals surface area contributed by atoms with Crippen LogP contribution in [0.25, 0.3) is 0 Å². The molecule has 334 valence electrons. The fraction of sp³-hybridized carbons (Fsp3) is 0.689. The Kier molecular flexibility index (Phi) is 16.7. The van der Waals surface area contributed by atoms with Gasteiger partial charge in [-0.05, 0) is 74.5 Å². The number of aliphatic hydroxyl groups excluding tert-OH is 1. The summed E-state index contributed by atoms with van der Waals surface area (Å²) in [6.07, 6.45) is 2.68. The number of fused-ring (bicyclic) bond motifs is 2. The number of ether oxygens (including phenoxy) is 2. The summed E-state index contributed by atoms with van der Waals surface area (Å²) in [5.74, 6) is -2.53. The van der Waals surface area contributed by atoms with Gasteiger partial charge in [-0.3, -0.25) is 28.4 Å². The number of esters is 1. The number of benzene rings is 1. The molecule has 0 aliphatic carbocycles. The molecule has 3 heterocycles. The summed E-state index contributed by atoms with van der Waals surface area (Å²) in [7, 11) is 3.12. The van der Waals surface area contributed by atoms with Crippen LogP contribution >= 0.6 is 0 Å². The molecule has 2 N–H and O–H groups in total. The fourth-order valence-corrected chi connectivity index (χ4v) is 9.75. The molecule has 3 aliphatic rings. The van der Waals surface area contributed by atoms with E-state index in [4.69, 9.17) is 14.5 Å². The summed E-state index contributed by atoms with van der Waals surface area (Å²) in [5, 5.41) is 14.7. The summed E-state index contributed by atoms with van der Waals surface area (Å²) < 4.78 is 24.9. The first-order valence-electron chi connectivity index (χ1n) is 21.4. The Morgan fingerprint density at radius 3 is 2.25 bits per heavy atom. The highest BCUT2D eigenvalue weighted by Crippen LogP contribution is 2.33. The van der Waals surface area contributed by atoms with Crippen LogP contribution < -0.4 is 10.1 Å². The Balaban J connectivity index is 1.76. The van der Waals surface area contributed by atoms with Gasteiger partial charge in [0.25, 0.3) is 0 Å². The predicted molar refractivity (Wildman–Crippen MR) is 233 cm³/mol. The highest BCUT2D eigenvalue weighted by atomic mass is 32.2. The largest absolute Gasteiger partial charge is 0.497 e. The number of amides is 4. The van der Waals surface area contributed by atoms with Gasteiger partial charge in [0, 0.05) is 38.6 Å². The van der Waals surface area contributed by atoms with Crippen molar-refractivity contribution in [3.8, 4) is 5.75 Å². The van der Waals surface area contributed by atoms with Crippen molar-refractivity contribution < 1.29 is 42.8 Å². The number of cyclic esters (lactones) is 1. The van der Waals surface area contributed by atoms with E-state index in [-0.39, 0.29) is 35.5 Å². The number of nitrogens with zero attached hydrogens (tertiary/aromatic N) is 4. The number of aliphatic imine (C=N–C) groups is 1. The molecular weight excluding hydrogens is 787 g/mol. The molecule has 4 amide bonds. The van der Waals surface area contributed by atoms with Crippen molar-refractivity contribution in [1.29, 1.82) is 0 Å². The predicted octanol–water partition coefficient (Wildman–Crippen LogP) is 4.29. The van der Waals surface area contributed by atoms with Crippen LogP contribution in [0.1, 0.15) is 100.0 Å². The number of carbonyl (C=O) groups excluding carboxylic acids is 5. The molecule has 1 aromatic carbocycles. The van der Waals surface area contributed by atoms with Crippen molar-refractivity contribution in [2.45, 2.75) is 143 Å². The molecule has 0 spiro atoms. The summed E-state index contributed by atoms with van der Waals surface area (Å²) in [4.78, 5) is 80.1. The van der Waals surface area contributed by atoms with Gasteiger partial charge in [0.15, 0.2) is 0 Å². The van der Waals surface area contributed by atoms with Crippen molar-refractivity contribution in [3.05, 3.63) is 41.5 Å². The van der Waals surface area contributed by atoms with Gasteiger partial charge in [-0.15, -0.1) is 0 Å². The quantitative estimate of drug-likeness (QED) is 0.410. The van der Waals surface area contributed by atoms with Crippen LogP contribution in [0, 0.1) is 23.2 Å². The molecule has 3 aliphatic heterocycles. The zero-order chi connectivity index (χ0) is 44.8. The van der Waals surface area contributed by atoms with E-state index in [2.05, 4.69) is 5.32 Å². The molecule has 0 saturated carbocycles. The maximum absolute atomic E-state index is 14.6. The molecule has 0 unspecified atom stereocenters. The maximum atomic E-state index is 14.6. The van der Waals surface area contributed by atoms with Gasteiger partial charge < -0.3 is 34.6 Å². The minimum absolute atomic E-state index is 0.100. The van der Waals surface area contributed by atoms with Gasteiger partial charge in [-0.1, -0.05) is 73.1 Å². The molecule has 11 atom stereocenters. The minimum Gasteiger partial charge on any atom is -0.497 e. The van der Waals surface area contributed by atoms with Crippen LogP contribution in [0.2, 0.25) is 0 Å². The van der Waals surface area contributed by atoms with Crippen LogP contribution in [0.5, 0.6) is 5.75 Å². The van der Waals surface area contributed by atoms with Gasteiger partial charge in [0.05, 0.1) is 35.8 Å². The molecule has 0 aromatic heterocycles. The molecule has 1 aromatic rings. The van der Waals surface area contributed by atoms with Gasteiger partial charge >= 0.3 is 5.97 Å². The SMILES string of the molecule is CC[C@H](C)[C@H]1C(=O)N2CCC[C@H]2C(=O)O[C@H](C(C)(C)C)C[C@@H](C)C[C@H](O)[C@H](C)C2=N[C@@H](C=C(C)C(=O)N[C@@H](Cc3ccc(OC)cc3)C(=O)N(C)[C@@H](C)C(=O)N1C)C[S@]2=O. The van der Waals surface area contributed by atoms with Gasteiger partial charge in [-0.25, -0.2) is 4.79 Å². The number of carbonyl (C=O) groups is 5. The summed E-state index contributed by atoms with van der Waals surface area (Å²) in [6, 6.07) is 2.64. The standard InChI is InChI=1S/C45H69N5O9S/c1-13-27(3)38-43(55)50-20-14-15-35(50)44(56)59-37(45(7,8)9)22-26(2)21-36(51)29(5)40-46-32(25-60(40)57)23-28(4)39(52)47-34(24-31-16-18-33(58-12)19-17-31)42(54)48(10)30(6)41(53)49(38)11/h16-19,23,26-27,29-30,32,34-38,51H,13-15,20-22,24-25H2,1-12H3,(H,47,52)/t26-,27-,29-,30-,32-,34-,35-,36-,37-,38-,60+/m0/s1. The zero-order valence-corrected chi connectivity index (χ0v) is 38.5. The van der Waals surface area contributed by atoms with E-state index in [9.17, 15) is 33.3 Å². The van der Waals surface area contributed by atoms with Crippen LogP contribution in [-0.2, 0) is 45.9 Å². The average molecular weight is 856 g/mol. The summed E-state index contributed by atoms with van der Waals surface area (Å²) >= 11 is 0. The number of aliphatic hydroxyl groups is 1. The van der Waals surface area contributed by atoms with Gasteiger partial charge in [0.2, 0.25) is 23.6 Å². The van der Waals surface area contributed by atoms with E-state index in [1.54, 1.807) is 70.2 Å². The molecular formula is C45H69N5O9S. The molecule has 1 saturated heterocycles. The number of likely N-dealkylation sites (N-methyl/N-ethyl adjacent to an activating group) is 2. The smallest absolute Gasteiger partial charge is 0.329 e. The van der Waals surface area contributed by atoms with Gasteiger partial charge in [0.1, 0.15) is 41.1 Å². The first kappa shape index (κ1) is 48.6. The Labute approximate surface area is 359 Å². The summed E-state index contributed by atoms with van der Waals surface area (Å²) in [5.41, 5.74) is 0.547. The van der Waals surface area contributed by atoms with E-state index >= 15 is 0 Å². The molecule has 4 rings (SSSR count). The first-order valence-corrected chi connectivity index (χ1v) is 22.7. The number of nitrogens with one attached hydrogen (secondary N) is 1. The lowest BCUT2D eigenvalue weighted by atomic mass is 9.81. The first-order chi connectivity index (χ1) is 28.1. The van der Waals surface area contributed by atoms with Crippen molar-refractivity contribution in [3.63, 3.8) is 0 Å². The highest BCUT2D eigenvalue weighted by molar-refractivity contribution is 8.01. The average Bonchev–Trinajstić information content (AvgIpc) is 3.85. The summed E-state index contributed by atoms with van der Waals surface area (Å²) in [6.45, 7) is 17.1. The van der Waals surface area contributed by atoms with Gasteiger partial charge in [-0.2, -0.15) is 0 Å². The number of hydrogen-bond acceptors (Lipinski definition) is 10. The molecule has 14 nitrogen and oxygen atoms in total. The minimum atomic E-state index is -1.49. The second kappa shape index (κ2) is 20.6. The van der Waals surface area contributed by atoms with Crippen LogP contribution in [0.3, 0.4) is 0 Å². The Morgan fingerprint density at radius 2 is 1.65 bits per heavy atom. The van der Waals surface area contributed by atoms with E-state index in [1.165, 1.54) is 16.8 Å². The van der Waals surface area contributed by atoms with Crippen molar-refractivity contribution in [2.24, 2.45) is 28.2 Å². The highest BCUT2D eigenvalue weighted by Gasteiger charge is 2.45. The lowest BCUT2D eigenvalue weighted by molar-refractivity contribution is -0.166. The van der Waals surface area contributed by atoms with Crippen LogP contribution in [0.4, 0.5) is 0 Å². The van der Waals surface area contributed by atoms with Crippen molar-refractivity contribution in [2.75, 3.05) is 33.5 Å². The Hall–Kier alpha value is -4.11. The van der Waals surface area contributed by atoms with Crippen LogP contribution in [-0.4, -0.2) is 135 Å². The fourth-order valence-electron chi connectivity index (χ4n) is 8.28. The normalized spacial score (nSPS) is 31.7. The maximum Gasteiger partial charge on any atom is 0.329 e. The number of hydrogen-bond donors (Lipinski definition) is 2.